The van der Waals surface area contributed by atoms with Gasteiger partial charge in [0.15, 0.2) is 0 Å². The summed E-state index contributed by atoms with van der Waals surface area (Å²) in [5.41, 5.74) is 3.03. The van der Waals surface area contributed by atoms with Crippen molar-refractivity contribution in [3.05, 3.63) is 102 Å². The van der Waals surface area contributed by atoms with E-state index in [1.807, 2.05) is 98.8 Å². The maximum atomic E-state index is 13.6. The lowest BCUT2D eigenvalue weighted by molar-refractivity contribution is -0.141. The predicted molar refractivity (Wildman–Crippen MR) is 136 cm³/mol. The summed E-state index contributed by atoms with van der Waals surface area (Å²) in [4.78, 5) is 28.7. The molecule has 3 aromatic rings. The molecule has 0 aliphatic carbocycles. The van der Waals surface area contributed by atoms with E-state index in [1.165, 1.54) is 0 Å². The van der Waals surface area contributed by atoms with Crippen molar-refractivity contribution in [1.29, 1.82) is 0 Å². The fourth-order valence-electron chi connectivity index (χ4n) is 3.94. The van der Waals surface area contributed by atoms with Crippen LogP contribution in [0.2, 0.25) is 0 Å². The molecule has 0 saturated carbocycles. The first-order chi connectivity index (χ1) is 16.5. The normalized spacial score (nSPS) is 11.6. The van der Waals surface area contributed by atoms with E-state index in [0.29, 0.717) is 25.8 Å². The number of carbonyl (C=O) groups is 2. The number of ether oxygens (including phenoxy) is 1. The molecule has 0 radical (unpaired) electrons. The third-order valence-electron chi connectivity index (χ3n) is 5.66. The minimum absolute atomic E-state index is 0.0242. The van der Waals surface area contributed by atoms with E-state index < -0.39 is 6.04 Å². The second-order valence-corrected chi connectivity index (χ2v) is 8.73. The summed E-state index contributed by atoms with van der Waals surface area (Å²) in [6.45, 7) is 4.19. The van der Waals surface area contributed by atoms with Gasteiger partial charge in [0.25, 0.3) is 0 Å². The van der Waals surface area contributed by atoms with E-state index in [0.717, 1.165) is 22.4 Å². The topological polar surface area (TPSA) is 58.6 Å². The number of carbonyl (C=O) groups excluding carboxylic acids is 2. The smallest absolute Gasteiger partial charge is 0.243 e. The lowest BCUT2D eigenvalue weighted by Crippen LogP contribution is -2.51. The Balaban J connectivity index is 1.91. The monoisotopic (exact) mass is 458 g/mol. The molecule has 0 aliphatic rings. The first kappa shape index (κ1) is 25.0. The molecule has 0 saturated heterocycles. The van der Waals surface area contributed by atoms with Gasteiger partial charge >= 0.3 is 0 Å². The van der Waals surface area contributed by atoms with E-state index >= 15 is 0 Å². The average molecular weight is 459 g/mol. The molecule has 2 amide bonds. The number of hydrogen-bond acceptors (Lipinski definition) is 3. The summed E-state index contributed by atoms with van der Waals surface area (Å²) in [5, 5.41) is 3.02. The highest BCUT2D eigenvalue weighted by Gasteiger charge is 2.30. The molecular formula is C29H34N2O3. The first-order valence-corrected chi connectivity index (χ1v) is 11.8. The summed E-state index contributed by atoms with van der Waals surface area (Å²) in [7, 11) is 1.62. The molecular weight excluding hydrogens is 424 g/mol. The molecule has 5 nitrogen and oxygen atoms in total. The first-order valence-electron chi connectivity index (χ1n) is 11.8. The minimum Gasteiger partial charge on any atom is -0.497 e. The molecule has 3 rings (SSSR count). The third kappa shape index (κ3) is 7.48. The van der Waals surface area contributed by atoms with Gasteiger partial charge in [-0.2, -0.15) is 0 Å². The van der Waals surface area contributed by atoms with Gasteiger partial charge in [-0.25, -0.2) is 0 Å². The number of nitrogens with zero attached hydrogens (tertiary/aromatic N) is 1. The van der Waals surface area contributed by atoms with Crippen LogP contribution in [0.5, 0.6) is 5.75 Å². The van der Waals surface area contributed by atoms with Crippen LogP contribution >= 0.6 is 0 Å². The van der Waals surface area contributed by atoms with Gasteiger partial charge in [0, 0.05) is 25.4 Å². The third-order valence-corrected chi connectivity index (χ3v) is 5.66. The number of nitrogens with one attached hydrogen (secondary N) is 1. The lowest BCUT2D eigenvalue weighted by Gasteiger charge is -2.32. The fourth-order valence-corrected chi connectivity index (χ4v) is 3.94. The summed E-state index contributed by atoms with van der Waals surface area (Å²) in [6, 6.07) is 26.8. The standard InChI is InChI=1S/C29H34N2O3/c1-22(2)30-29(33)27(20-24-13-8-5-9-14-24)31(21-25-15-10-16-26(19-25)34-3)28(32)18-17-23-11-6-4-7-12-23/h4-16,19,22,27H,17-18,20-21H2,1-3H3,(H,30,33). The Kier molecular flexibility index (Phi) is 9.27. The summed E-state index contributed by atoms with van der Waals surface area (Å²) >= 11 is 0. The van der Waals surface area contributed by atoms with Gasteiger partial charge in [-0.1, -0.05) is 72.8 Å². The summed E-state index contributed by atoms with van der Waals surface area (Å²) in [6.07, 6.45) is 1.40. The quantitative estimate of drug-likeness (QED) is 0.449. The highest BCUT2D eigenvalue weighted by atomic mass is 16.5. The van der Waals surface area contributed by atoms with Gasteiger partial charge in [-0.15, -0.1) is 0 Å². The van der Waals surface area contributed by atoms with Gasteiger partial charge in [0.05, 0.1) is 7.11 Å². The molecule has 0 aliphatic heterocycles. The number of benzene rings is 3. The van der Waals surface area contributed by atoms with E-state index in [-0.39, 0.29) is 17.9 Å². The van der Waals surface area contributed by atoms with E-state index in [9.17, 15) is 9.59 Å². The molecule has 0 spiro atoms. The van der Waals surface area contributed by atoms with Crippen LogP contribution in [-0.2, 0) is 29.0 Å². The number of rotatable bonds is 11. The Morgan fingerprint density at radius 1 is 0.853 bits per heavy atom. The molecule has 34 heavy (non-hydrogen) atoms. The van der Waals surface area contributed by atoms with Crippen molar-refractivity contribution in [2.75, 3.05) is 7.11 Å². The highest BCUT2D eigenvalue weighted by molar-refractivity contribution is 5.88. The van der Waals surface area contributed by atoms with Crippen LogP contribution in [0.25, 0.3) is 0 Å². The van der Waals surface area contributed by atoms with Gasteiger partial charge in [0.1, 0.15) is 11.8 Å². The number of aryl methyl sites for hydroxylation is 1. The van der Waals surface area contributed by atoms with Crippen LogP contribution in [0.4, 0.5) is 0 Å². The van der Waals surface area contributed by atoms with Gasteiger partial charge in [-0.05, 0) is 49.1 Å². The molecule has 1 N–H and O–H groups in total. The molecule has 0 aromatic heterocycles. The molecule has 178 valence electrons. The zero-order chi connectivity index (χ0) is 24.3. The Bertz CT molecular complexity index is 1050. The highest BCUT2D eigenvalue weighted by Crippen LogP contribution is 2.20. The van der Waals surface area contributed by atoms with E-state index in [2.05, 4.69) is 5.32 Å². The van der Waals surface area contributed by atoms with Gasteiger partial charge in [0.2, 0.25) is 11.8 Å². The zero-order valence-electron chi connectivity index (χ0n) is 20.2. The van der Waals surface area contributed by atoms with Crippen molar-refractivity contribution in [2.45, 2.75) is 51.7 Å². The fraction of sp³-hybridized carbons (Fsp3) is 0.310. The van der Waals surface area contributed by atoms with Crippen molar-refractivity contribution in [2.24, 2.45) is 0 Å². The Morgan fingerprint density at radius 3 is 2.09 bits per heavy atom. The van der Waals surface area contributed by atoms with Crippen molar-refractivity contribution in [3.8, 4) is 5.75 Å². The Hall–Kier alpha value is -3.60. The van der Waals surface area contributed by atoms with Gasteiger partial charge in [-0.3, -0.25) is 9.59 Å². The lowest BCUT2D eigenvalue weighted by atomic mass is 10.0. The second kappa shape index (κ2) is 12.6. The van der Waals surface area contributed by atoms with Crippen LogP contribution in [0.1, 0.15) is 37.0 Å². The predicted octanol–water partition coefficient (Wildman–Crippen LogP) is 4.79. The maximum Gasteiger partial charge on any atom is 0.243 e. The number of hydrogen-bond donors (Lipinski definition) is 1. The SMILES string of the molecule is COc1cccc(CN(C(=O)CCc2ccccc2)C(Cc2ccccc2)C(=O)NC(C)C)c1. The Labute approximate surface area is 202 Å². The van der Waals surface area contributed by atoms with Crippen LogP contribution in [0.3, 0.4) is 0 Å². The number of amides is 2. The summed E-state index contributed by atoms with van der Waals surface area (Å²) in [5.74, 6) is 0.529. The zero-order valence-corrected chi connectivity index (χ0v) is 20.2. The van der Waals surface area contributed by atoms with Crippen molar-refractivity contribution in [3.63, 3.8) is 0 Å². The van der Waals surface area contributed by atoms with Crippen LogP contribution in [0, 0.1) is 0 Å². The molecule has 0 heterocycles. The molecule has 5 heteroatoms. The maximum absolute atomic E-state index is 13.6. The van der Waals surface area contributed by atoms with Crippen LogP contribution in [0.15, 0.2) is 84.9 Å². The number of methoxy groups -OCH3 is 1. The van der Waals surface area contributed by atoms with Crippen molar-refractivity contribution < 1.29 is 14.3 Å². The van der Waals surface area contributed by atoms with Crippen molar-refractivity contribution >= 4 is 11.8 Å². The molecule has 3 aromatic carbocycles. The largest absolute Gasteiger partial charge is 0.497 e. The van der Waals surface area contributed by atoms with Crippen LogP contribution in [-0.4, -0.2) is 35.9 Å². The van der Waals surface area contributed by atoms with Gasteiger partial charge < -0.3 is 15.0 Å². The van der Waals surface area contributed by atoms with Crippen LogP contribution < -0.4 is 10.1 Å². The van der Waals surface area contributed by atoms with E-state index in [4.69, 9.17) is 4.74 Å². The van der Waals surface area contributed by atoms with Crippen molar-refractivity contribution in [1.82, 2.24) is 10.2 Å². The molecule has 0 bridgehead atoms. The second-order valence-electron chi connectivity index (χ2n) is 8.73. The van der Waals surface area contributed by atoms with E-state index in [1.54, 1.807) is 12.0 Å². The molecule has 0 fully saturated rings. The molecule has 1 unspecified atom stereocenters. The minimum atomic E-state index is -0.626. The Morgan fingerprint density at radius 2 is 1.47 bits per heavy atom. The average Bonchev–Trinajstić information content (AvgIpc) is 2.85. The molecule has 1 atom stereocenters. The summed E-state index contributed by atoms with van der Waals surface area (Å²) < 4.78 is 5.38.